The van der Waals surface area contributed by atoms with Gasteiger partial charge in [0.25, 0.3) is 11.8 Å². The van der Waals surface area contributed by atoms with E-state index in [0.29, 0.717) is 33.5 Å². The summed E-state index contributed by atoms with van der Waals surface area (Å²) in [4.78, 5) is 39.4. The predicted molar refractivity (Wildman–Crippen MR) is 165 cm³/mol. The molecule has 1 heterocycles. The highest BCUT2D eigenvalue weighted by Gasteiger charge is 2.16. The van der Waals surface area contributed by atoms with E-state index in [2.05, 4.69) is 16.0 Å². The van der Waals surface area contributed by atoms with Crippen molar-refractivity contribution in [2.45, 2.75) is 4.90 Å². The number of amides is 3. The molecule has 1 aromatic heterocycles. The summed E-state index contributed by atoms with van der Waals surface area (Å²) in [6.07, 6.45) is 1.62. The zero-order chi connectivity index (χ0) is 29.2. The van der Waals surface area contributed by atoms with Crippen LogP contribution in [0.15, 0.2) is 94.1 Å². The van der Waals surface area contributed by atoms with Crippen molar-refractivity contribution in [2.24, 2.45) is 0 Å². The molecular formula is C30H26ClN3O5S2. The number of thioether (sulfide) groups is 1. The molecule has 4 rings (SSSR count). The summed E-state index contributed by atoms with van der Waals surface area (Å²) in [7, 11) is 2.98. The molecule has 3 amide bonds. The van der Waals surface area contributed by atoms with Crippen molar-refractivity contribution in [2.75, 3.05) is 30.6 Å². The topological polar surface area (TPSA) is 106 Å². The summed E-state index contributed by atoms with van der Waals surface area (Å²) in [5.74, 6) is -0.201. The Morgan fingerprint density at radius 2 is 1.71 bits per heavy atom. The van der Waals surface area contributed by atoms with Gasteiger partial charge in [-0.2, -0.15) is 11.3 Å². The number of thiophene rings is 1. The van der Waals surface area contributed by atoms with Crippen LogP contribution < -0.4 is 25.4 Å². The number of benzene rings is 3. The van der Waals surface area contributed by atoms with Crippen molar-refractivity contribution >= 4 is 69.9 Å². The Labute approximate surface area is 250 Å². The predicted octanol–water partition coefficient (Wildman–Crippen LogP) is 6.56. The van der Waals surface area contributed by atoms with E-state index in [1.165, 1.54) is 37.3 Å². The molecule has 0 aliphatic heterocycles. The molecule has 0 aliphatic carbocycles. The van der Waals surface area contributed by atoms with Crippen LogP contribution in [0.2, 0.25) is 5.02 Å². The molecule has 0 unspecified atom stereocenters. The van der Waals surface area contributed by atoms with Crippen molar-refractivity contribution in [3.8, 4) is 11.5 Å². The van der Waals surface area contributed by atoms with Crippen LogP contribution in [0.1, 0.15) is 15.9 Å². The molecule has 0 spiro atoms. The molecule has 4 aromatic rings. The van der Waals surface area contributed by atoms with Crippen molar-refractivity contribution in [1.29, 1.82) is 0 Å². The third-order valence-electron chi connectivity index (χ3n) is 5.59. The van der Waals surface area contributed by atoms with Crippen LogP contribution in [0.3, 0.4) is 0 Å². The highest BCUT2D eigenvalue weighted by Crippen LogP contribution is 2.36. The van der Waals surface area contributed by atoms with Gasteiger partial charge in [0.2, 0.25) is 5.91 Å². The van der Waals surface area contributed by atoms with Gasteiger partial charge in [-0.3, -0.25) is 14.4 Å². The van der Waals surface area contributed by atoms with Gasteiger partial charge in [0, 0.05) is 22.2 Å². The molecule has 0 aliphatic rings. The highest BCUT2D eigenvalue weighted by molar-refractivity contribution is 8.00. The Balaban J connectivity index is 1.41. The lowest BCUT2D eigenvalue weighted by atomic mass is 10.2. The van der Waals surface area contributed by atoms with E-state index in [9.17, 15) is 14.4 Å². The minimum Gasteiger partial charge on any atom is -0.495 e. The Morgan fingerprint density at radius 1 is 0.927 bits per heavy atom. The second-order valence-electron chi connectivity index (χ2n) is 8.44. The van der Waals surface area contributed by atoms with Crippen LogP contribution in [0, 0.1) is 0 Å². The maximum Gasteiger partial charge on any atom is 0.272 e. The molecule has 3 aromatic carbocycles. The number of carbonyl (C=O) groups excluding carboxylic acids is 3. The second-order valence-corrected chi connectivity index (χ2v) is 10.7. The van der Waals surface area contributed by atoms with Gasteiger partial charge in [0.05, 0.1) is 30.7 Å². The maximum atomic E-state index is 13.2. The fourth-order valence-corrected chi connectivity index (χ4v) is 5.24. The van der Waals surface area contributed by atoms with Crippen LogP contribution in [-0.2, 0) is 9.59 Å². The van der Waals surface area contributed by atoms with Gasteiger partial charge in [-0.05, 0) is 64.9 Å². The Hall–Kier alpha value is -4.25. The van der Waals surface area contributed by atoms with Crippen LogP contribution in [0.4, 0.5) is 11.4 Å². The number of methoxy groups -OCH3 is 2. The molecule has 0 fully saturated rings. The molecule has 0 atom stereocenters. The average molecular weight is 608 g/mol. The molecule has 0 radical (unpaired) electrons. The summed E-state index contributed by atoms with van der Waals surface area (Å²) in [5, 5.41) is 12.5. The summed E-state index contributed by atoms with van der Waals surface area (Å²) in [5.41, 5.74) is 2.25. The lowest BCUT2D eigenvalue weighted by molar-refractivity contribution is -0.114. The molecule has 41 heavy (non-hydrogen) atoms. The molecule has 8 nitrogen and oxygen atoms in total. The van der Waals surface area contributed by atoms with Crippen LogP contribution in [0.25, 0.3) is 6.08 Å². The minimum absolute atomic E-state index is 0.0979. The normalized spacial score (nSPS) is 11.0. The number of halogens is 1. The quantitative estimate of drug-likeness (QED) is 0.132. The summed E-state index contributed by atoms with van der Waals surface area (Å²) >= 11 is 8.97. The number of ether oxygens (including phenoxy) is 2. The third-order valence-corrected chi connectivity index (χ3v) is 7.58. The maximum absolute atomic E-state index is 13.2. The zero-order valence-electron chi connectivity index (χ0n) is 22.1. The van der Waals surface area contributed by atoms with Crippen molar-refractivity contribution < 1.29 is 23.9 Å². The molecule has 3 N–H and O–H groups in total. The first-order valence-electron chi connectivity index (χ1n) is 12.2. The van der Waals surface area contributed by atoms with E-state index in [-0.39, 0.29) is 17.4 Å². The van der Waals surface area contributed by atoms with E-state index in [1.807, 2.05) is 29.0 Å². The van der Waals surface area contributed by atoms with E-state index in [1.54, 1.807) is 60.7 Å². The van der Waals surface area contributed by atoms with Crippen molar-refractivity contribution in [3.63, 3.8) is 0 Å². The number of anilines is 2. The molecule has 11 heteroatoms. The largest absolute Gasteiger partial charge is 0.495 e. The number of hydrogen-bond donors (Lipinski definition) is 3. The van der Waals surface area contributed by atoms with Gasteiger partial charge in [-0.15, -0.1) is 11.8 Å². The molecule has 0 saturated carbocycles. The number of carbonyl (C=O) groups is 3. The van der Waals surface area contributed by atoms with E-state index in [0.717, 1.165) is 10.5 Å². The zero-order valence-corrected chi connectivity index (χ0v) is 24.5. The molecule has 0 saturated heterocycles. The van der Waals surface area contributed by atoms with Crippen LogP contribution in [-0.4, -0.2) is 37.7 Å². The lowest BCUT2D eigenvalue weighted by Crippen LogP contribution is -2.30. The highest BCUT2D eigenvalue weighted by atomic mass is 35.5. The van der Waals surface area contributed by atoms with Gasteiger partial charge in [-0.1, -0.05) is 35.9 Å². The summed E-state index contributed by atoms with van der Waals surface area (Å²) in [6.45, 7) is 0. The minimum atomic E-state index is -0.483. The summed E-state index contributed by atoms with van der Waals surface area (Å²) < 4.78 is 10.5. The first kappa shape index (κ1) is 29.7. The average Bonchev–Trinajstić information content (AvgIpc) is 3.50. The fraction of sp³-hybridized carbons (Fsp3) is 0.100. The molecule has 0 bridgehead atoms. The van der Waals surface area contributed by atoms with E-state index < -0.39 is 11.8 Å². The Kier molecular flexibility index (Phi) is 10.4. The first-order chi connectivity index (χ1) is 19.9. The Morgan fingerprint density at radius 3 is 2.41 bits per heavy atom. The SMILES string of the molecule is COc1cc(OC)c(NC(=O)CSc2cccc(NC(=O)/C(=C/c3ccsc3)NC(=O)c3ccccc3)c2)cc1Cl. The van der Waals surface area contributed by atoms with Gasteiger partial charge >= 0.3 is 0 Å². The lowest BCUT2D eigenvalue weighted by Gasteiger charge is -2.13. The Bertz CT molecular complexity index is 1560. The van der Waals surface area contributed by atoms with Crippen molar-refractivity contribution in [1.82, 2.24) is 5.32 Å². The van der Waals surface area contributed by atoms with Crippen molar-refractivity contribution in [3.05, 3.63) is 105 Å². The second kappa shape index (κ2) is 14.4. The van der Waals surface area contributed by atoms with E-state index in [4.69, 9.17) is 21.1 Å². The van der Waals surface area contributed by atoms with Crippen LogP contribution >= 0.6 is 34.7 Å². The molecule has 210 valence electrons. The van der Waals surface area contributed by atoms with Gasteiger partial charge in [-0.25, -0.2) is 0 Å². The smallest absolute Gasteiger partial charge is 0.272 e. The van der Waals surface area contributed by atoms with Crippen LogP contribution in [0.5, 0.6) is 11.5 Å². The number of nitrogens with one attached hydrogen (secondary N) is 3. The van der Waals surface area contributed by atoms with E-state index >= 15 is 0 Å². The number of rotatable bonds is 11. The van der Waals surface area contributed by atoms with Gasteiger partial charge in [0.15, 0.2) is 0 Å². The molecular weight excluding hydrogens is 582 g/mol. The monoisotopic (exact) mass is 607 g/mol. The fourth-order valence-electron chi connectivity index (χ4n) is 3.62. The van der Waals surface area contributed by atoms with Gasteiger partial charge < -0.3 is 25.4 Å². The first-order valence-corrected chi connectivity index (χ1v) is 14.5. The third kappa shape index (κ3) is 8.37. The summed E-state index contributed by atoms with van der Waals surface area (Å²) in [6, 6.07) is 20.8. The van der Waals surface area contributed by atoms with Gasteiger partial charge in [0.1, 0.15) is 17.2 Å². The standard InChI is InChI=1S/C30H26ClN3O5S2/c1-38-26-16-27(39-2)24(15-23(26)31)33-28(35)18-41-22-10-6-9-21(14-22)32-30(37)25(13-19-11-12-40-17-19)34-29(36)20-7-4-3-5-8-20/h3-17H,18H2,1-2H3,(H,32,37)(H,33,35)(H,34,36)/b25-13-. The number of hydrogen-bond acceptors (Lipinski definition) is 7.